The van der Waals surface area contributed by atoms with Crippen LogP contribution in [0.3, 0.4) is 0 Å². The normalized spacial score (nSPS) is 13.5. The highest BCUT2D eigenvalue weighted by molar-refractivity contribution is 5.97. The molecule has 0 N–H and O–H groups in total. The monoisotopic (exact) mass is 242 g/mol. The van der Waals surface area contributed by atoms with Gasteiger partial charge in [0.1, 0.15) is 5.84 Å². The fourth-order valence-electron chi connectivity index (χ4n) is 1.97. The summed E-state index contributed by atoms with van der Waals surface area (Å²) >= 11 is 0. The molecule has 1 aliphatic heterocycles. The molecule has 1 aliphatic rings. The van der Waals surface area contributed by atoms with Crippen molar-refractivity contribution in [2.75, 3.05) is 0 Å². The SMILES string of the molecule is CC.Cc1cc(C)c(C=NC2=NC=CC2)c(C)c1. The molecule has 0 unspecified atom stereocenters. The predicted octanol–water partition coefficient (Wildman–Crippen LogP) is 4.37. The number of nitrogens with zero attached hydrogens (tertiary/aromatic N) is 2. The summed E-state index contributed by atoms with van der Waals surface area (Å²) in [4.78, 5) is 8.57. The average Bonchev–Trinajstić information content (AvgIpc) is 2.83. The molecular weight excluding hydrogens is 220 g/mol. The van der Waals surface area contributed by atoms with Gasteiger partial charge in [-0.2, -0.15) is 0 Å². The van der Waals surface area contributed by atoms with Crippen LogP contribution < -0.4 is 0 Å². The smallest absolute Gasteiger partial charge is 0.132 e. The van der Waals surface area contributed by atoms with Crippen LogP contribution in [0.25, 0.3) is 0 Å². The van der Waals surface area contributed by atoms with Crippen LogP contribution in [-0.4, -0.2) is 12.1 Å². The third kappa shape index (κ3) is 3.66. The molecule has 0 aromatic heterocycles. The van der Waals surface area contributed by atoms with Crippen molar-refractivity contribution >= 4 is 12.1 Å². The van der Waals surface area contributed by atoms with E-state index < -0.39 is 0 Å². The van der Waals surface area contributed by atoms with E-state index >= 15 is 0 Å². The topological polar surface area (TPSA) is 24.7 Å². The zero-order valence-electron chi connectivity index (χ0n) is 12.0. The summed E-state index contributed by atoms with van der Waals surface area (Å²) < 4.78 is 0. The minimum Gasteiger partial charge on any atom is -0.241 e. The lowest BCUT2D eigenvalue weighted by molar-refractivity contribution is 1.30. The molecule has 0 atom stereocenters. The Labute approximate surface area is 110 Å². The number of rotatable bonds is 1. The number of hydrogen-bond donors (Lipinski definition) is 0. The zero-order valence-corrected chi connectivity index (χ0v) is 12.0. The van der Waals surface area contributed by atoms with Crippen LogP contribution in [0.5, 0.6) is 0 Å². The highest BCUT2D eigenvalue weighted by Crippen LogP contribution is 2.14. The minimum atomic E-state index is 0.848. The summed E-state index contributed by atoms with van der Waals surface area (Å²) in [5.41, 5.74) is 5.05. The van der Waals surface area contributed by atoms with E-state index in [9.17, 15) is 0 Å². The number of hydrogen-bond acceptors (Lipinski definition) is 2. The maximum atomic E-state index is 4.41. The maximum Gasteiger partial charge on any atom is 0.132 e. The van der Waals surface area contributed by atoms with Gasteiger partial charge in [0.2, 0.25) is 0 Å². The fourth-order valence-corrected chi connectivity index (χ4v) is 1.97. The maximum absolute atomic E-state index is 4.41. The van der Waals surface area contributed by atoms with Crippen molar-refractivity contribution in [3.05, 3.63) is 46.7 Å². The van der Waals surface area contributed by atoms with Crippen LogP contribution in [-0.2, 0) is 0 Å². The van der Waals surface area contributed by atoms with Crippen LogP contribution in [0.2, 0.25) is 0 Å². The van der Waals surface area contributed by atoms with Gasteiger partial charge in [-0.05, 0) is 37.5 Å². The fraction of sp³-hybridized carbons (Fsp3) is 0.375. The Hall–Kier alpha value is -1.70. The van der Waals surface area contributed by atoms with Gasteiger partial charge in [0.05, 0.1) is 0 Å². The zero-order chi connectivity index (χ0) is 13.5. The first-order valence-electron chi connectivity index (χ1n) is 6.50. The van der Waals surface area contributed by atoms with Gasteiger partial charge in [0, 0.05) is 18.8 Å². The first-order chi connectivity index (χ1) is 8.66. The highest BCUT2D eigenvalue weighted by Gasteiger charge is 2.02. The van der Waals surface area contributed by atoms with E-state index in [4.69, 9.17) is 0 Å². The Morgan fingerprint density at radius 3 is 2.22 bits per heavy atom. The second kappa shape index (κ2) is 6.90. The first-order valence-corrected chi connectivity index (χ1v) is 6.50. The lowest BCUT2D eigenvalue weighted by Crippen LogP contribution is -1.96. The second-order valence-electron chi connectivity index (χ2n) is 4.20. The summed E-state index contributed by atoms with van der Waals surface area (Å²) in [5.74, 6) is 0.888. The number of amidine groups is 1. The molecule has 0 aliphatic carbocycles. The molecule has 2 nitrogen and oxygen atoms in total. The molecule has 96 valence electrons. The van der Waals surface area contributed by atoms with Gasteiger partial charge in [-0.3, -0.25) is 0 Å². The molecule has 0 bridgehead atoms. The summed E-state index contributed by atoms with van der Waals surface area (Å²) in [6.07, 6.45) is 6.60. The molecule has 0 amide bonds. The van der Waals surface area contributed by atoms with Crippen molar-refractivity contribution in [1.29, 1.82) is 0 Å². The van der Waals surface area contributed by atoms with E-state index in [1.807, 2.05) is 32.3 Å². The molecule has 1 heterocycles. The number of benzene rings is 1. The van der Waals surface area contributed by atoms with Gasteiger partial charge in [-0.15, -0.1) is 0 Å². The third-order valence-corrected chi connectivity index (χ3v) is 2.71. The van der Waals surface area contributed by atoms with Crippen LogP contribution in [0, 0.1) is 20.8 Å². The Morgan fingerprint density at radius 2 is 1.72 bits per heavy atom. The van der Waals surface area contributed by atoms with Gasteiger partial charge < -0.3 is 0 Å². The van der Waals surface area contributed by atoms with Crippen molar-refractivity contribution in [2.24, 2.45) is 9.98 Å². The molecule has 0 radical (unpaired) electrons. The van der Waals surface area contributed by atoms with Crippen LogP contribution in [0.1, 0.15) is 42.5 Å². The molecule has 18 heavy (non-hydrogen) atoms. The first kappa shape index (κ1) is 14.4. The second-order valence-corrected chi connectivity index (χ2v) is 4.20. The molecule has 1 aromatic rings. The molecule has 0 spiro atoms. The van der Waals surface area contributed by atoms with Crippen molar-refractivity contribution in [3.63, 3.8) is 0 Å². The molecule has 0 saturated carbocycles. The largest absolute Gasteiger partial charge is 0.241 e. The molecule has 0 saturated heterocycles. The number of aryl methyl sites for hydroxylation is 3. The summed E-state index contributed by atoms with van der Waals surface area (Å²) in [6.45, 7) is 10.4. The van der Waals surface area contributed by atoms with E-state index in [2.05, 4.69) is 42.9 Å². The Morgan fingerprint density at radius 1 is 1.11 bits per heavy atom. The molecule has 2 rings (SSSR count). The van der Waals surface area contributed by atoms with Crippen LogP contribution in [0.4, 0.5) is 0 Å². The van der Waals surface area contributed by atoms with Gasteiger partial charge in [0.15, 0.2) is 0 Å². The van der Waals surface area contributed by atoms with Crippen molar-refractivity contribution in [1.82, 2.24) is 0 Å². The Balaban J connectivity index is 0.000000771. The number of aliphatic imine (C=N–C) groups is 2. The molecular formula is C16H22N2. The third-order valence-electron chi connectivity index (χ3n) is 2.71. The van der Waals surface area contributed by atoms with E-state index in [0.717, 1.165) is 12.3 Å². The van der Waals surface area contributed by atoms with Gasteiger partial charge >= 0.3 is 0 Å². The van der Waals surface area contributed by atoms with Crippen molar-refractivity contribution < 1.29 is 0 Å². The summed E-state index contributed by atoms with van der Waals surface area (Å²) in [6, 6.07) is 4.37. The van der Waals surface area contributed by atoms with Crippen LogP contribution >= 0.6 is 0 Å². The lowest BCUT2D eigenvalue weighted by atomic mass is 10.0. The van der Waals surface area contributed by atoms with Crippen molar-refractivity contribution in [2.45, 2.75) is 41.0 Å². The van der Waals surface area contributed by atoms with Crippen molar-refractivity contribution in [3.8, 4) is 0 Å². The summed E-state index contributed by atoms with van der Waals surface area (Å²) in [7, 11) is 0. The van der Waals surface area contributed by atoms with E-state index in [1.165, 1.54) is 22.3 Å². The molecule has 0 fully saturated rings. The Kier molecular flexibility index (Phi) is 5.50. The molecule has 2 heteroatoms. The minimum absolute atomic E-state index is 0.848. The lowest BCUT2D eigenvalue weighted by Gasteiger charge is -2.06. The van der Waals surface area contributed by atoms with Crippen LogP contribution in [0.15, 0.2) is 34.4 Å². The highest BCUT2D eigenvalue weighted by atomic mass is 14.9. The van der Waals surface area contributed by atoms with Gasteiger partial charge in [-0.25, -0.2) is 9.98 Å². The predicted molar refractivity (Wildman–Crippen MR) is 80.8 cm³/mol. The van der Waals surface area contributed by atoms with Gasteiger partial charge in [-0.1, -0.05) is 37.6 Å². The van der Waals surface area contributed by atoms with E-state index in [0.29, 0.717) is 0 Å². The molecule has 1 aromatic carbocycles. The quantitative estimate of drug-likeness (QED) is 0.653. The van der Waals surface area contributed by atoms with Gasteiger partial charge in [0.25, 0.3) is 0 Å². The standard InChI is InChI=1S/C14H16N2.C2H6/c1-10-7-11(2)13(12(3)8-10)9-16-14-5-4-6-15-14;1-2/h4,6-9H,5H2,1-3H3;1-2H3. The van der Waals surface area contributed by atoms with E-state index in [-0.39, 0.29) is 0 Å². The summed E-state index contributed by atoms with van der Waals surface area (Å²) in [5, 5.41) is 0. The average molecular weight is 242 g/mol. The van der Waals surface area contributed by atoms with E-state index in [1.54, 1.807) is 0 Å². The Bertz CT molecular complexity index is 471.